The Morgan fingerprint density at radius 1 is 1.30 bits per heavy atom. The first-order valence-corrected chi connectivity index (χ1v) is 8.99. The average Bonchev–Trinajstić information content (AvgIpc) is 3.20. The second-order valence-corrected chi connectivity index (χ2v) is 6.71. The lowest BCUT2D eigenvalue weighted by Gasteiger charge is -2.22. The number of likely N-dealkylation sites (tertiary alicyclic amines) is 1. The third-order valence-corrected chi connectivity index (χ3v) is 5.14. The van der Waals surface area contributed by atoms with Crippen LogP contribution in [0.25, 0.3) is 0 Å². The molecule has 1 atom stereocenters. The van der Waals surface area contributed by atoms with Gasteiger partial charge in [0.05, 0.1) is 6.61 Å². The molecule has 1 aliphatic carbocycles. The largest absolute Gasteiger partial charge is 0.395 e. The van der Waals surface area contributed by atoms with E-state index >= 15 is 0 Å². The maximum absolute atomic E-state index is 12.3. The molecule has 0 aromatic carbocycles. The molecular weight excluding hydrogens is 292 g/mol. The van der Waals surface area contributed by atoms with Crippen molar-refractivity contribution in [3.63, 3.8) is 0 Å². The number of fused-ring (bicyclic) bond motifs is 1. The number of amides is 1. The van der Waals surface area contributed by atoms with E-state index in [0.29, 0.717) is 18.3 Å². The molecule has 128 valence electrons. The molecule has 3 rings (SSSR count). The first-order valence-electron chi connectivity index (χ1n) is 8.99. The zero-order chi connectivity index (χ0) is 16.1. The van der Waals surface area contributed by atoms with E-state index in [1.165, 1.54) is 12.8 Å². The summed E-state index contributed by atoms with van der Waals surface area (Å²) >= 11 is 0. The Hall–Kier alpha value is -1.40. The summed E-state index contributed by atoms with van der Waals surface area (Å²) in [7, 11) is 0. The lowest BCUT2D eigenvalue weighted by atomic mass is 9.96. The highest BCUT2D eigenvalue weighted by atomic mass is 16.3. The van der Waals surface area contributed by atoms with Gasteiger partial charge in [-0.05, 0) is 64.5 Å². The number of nitrogens with zero attached hydrogens (tertiary/aromatic N) is 2. The van der Waals surface area contributed by atoms with Crippen molar-refractivity contribution in [2.75, 3.05) is 26.2 Å². The zero-order valence-electron chi connectivity index (χ0n) is 13.8. The number of aryl methyl sites for hydroxylation is 1. The molecule has 1 saturated heterocycles. The molecule has 1 amide bonds. The summed E-state index contributed by atoms with van der Waals surface area (Å²) in [6.07, 6.45) is 8.62. The molecule has 0 saturated carbocycles. The van der Waals surface area contributed by atoms with Crippen LogP contribution in [-0.4, -0.2) is 58.4 Å². The van der Waals surface area contributed by atoms with Crippen LogP contribution in [0.5, 0.6) is 0 Å². The van der Waals surface area contributed by atoms with Crippen LogP contribution < -0.4 is 5.32 Å². The first-order chi connectivity index (χ1) is 11.3. The predicted molar refractivity (Wildman–Crippen MR) is 88.5 cm³/mol. The number of H-pyrrole nitrogens is 1. The van der Waals surface area contributed by atoms with Crippen LogP contribution in [0.4, 0.5) is 0 Å². The van der Waals surface area contributed by atoms with Crippen LogP contribution in [0.2, 0.25) is 0 Å². The molecule has 1 fully saturated rings. The van der Waals surface area contributed by atoms with Crippen molar-refractivity contribution in [3.8, 4) is 0 Å². The fourth-order valence-corrected chi connectivity index (χ4v) is 3.79. The molecule has 1 aliphatic heterocycles. The summed E-state index contributed by atoms with van der Waals surface area (Å²) < 4.78 is 0. The number of hydrogen-bond donors (Lipinski definition) is 3. The van der Waals surface area contributed by atoms with Crippen molar-refractivity contribution in [1.82, 2.24) is 20.4 Å². The average molecular weight is 320 g/mol. The molecule has 0 spiro atoms. The Morgan fingerprint density at radius 2 is 2.17 bits per heavy atom. The molecule has 1 aromatic rings. The number of rotatable bonds is 7. The number of aromatic amines is 1. The summed E-state index contributed by atoms with van der Waals surface area (Å²) in [5.74, 6) is -0.0428. The van der Waals surface area contributed by atoms with Gasteiger partial charge in [0.2, 0.25) is 0 Å². The van der Waals surface area contributed by atoms with E-state index in [1.807, 2.05) is 0 Å². The van der Waals surface area contributed by atoms with Gasteiger partial charge >= 0.3 is 0 Å². The number of aromatic nitrogens is 2. The fraction of sp³-hybridized carbons (Fsp3) is 0.765. The van der Waals surface area contributed by atoms with E-state index in [4.69, 9.17) is 0 Å². The summed E-state index contributed by atoms with van der Waals surface area (Å²) in [5.41, 5.74) is 2.86. The van der Waals surface area contributed by atoms with Gasteiger partial charge < -0.3 is 10.4 Å². The van der Waals surface area contributed by atoms with E-state index in [9.17, 15) is 9.90 Å². The number of aliphatic hydroxyl groups excluding tert-OH is 1. The third kappa shape index (κ3) is 3.93. The smallest absolute Gasteiger partial charge is 0.272 e. The third-order valence-electron chi connectivity index (χ3n) is 5.14. The Balaban J connectivity index is 1.37. The quantitative estimate of drug-likeness (QED) is 0.661. The van der Waals surface area contributed by atoms with Gasteiger partial charge in [0.25, 0.3) is 5.91 Å². The van der Waals surface area contributed by atoms with Crippen LogP contribution >= 0.6 is 0 Å². The van der Waals surface area contributed by atoms with E-state index in [-0.39, 0.29) is 12.5 Å². The second kappa shape index (κ2) is 7.93. The topological polar surface area (TPSA) is 81.2 Å². The molecule has 6 heteroatoms. The molecule has 3 N–H and O–H groups in total. The van der Waals surface area contributed by atoms with E-state index in [0.717, 1.165) is 62.9 Å². The van der Waals surface area contributed by atoms with E-state index < -0.39 is 0 Å². The molecule has 6 nitrogen and oxygen atoms in total. The van der Waals surface area contributed by atoms with Crippen molar-refractivity contribution in [2.45, 2.75) is 57.4 Å². The number of unbranched alkanes of at least 4 members (excludes halogenated alkanes) is 1. The molecule has 0 bridgehead atoms. The number of carbonyl (C=O) groups excluding carboxylic acids is 1. The Bertz CT molecular complexity index is 529. The minimum Gasteiger partial charge on any atom is -0.395 e. The van der Waals surface area contributed by atoms with Crippen LogP contribution in [0.3, 0.4) is 0 Å². The standard InChI is InChI=1S/C17H28N4O2/c22-12-13-6-5-11-21(13)10-4-3-9-18-17(23)16-14-7-1-2-8-15(14)19-20-16/h13,22H,1-12H2,(H,18,23)(H,19,20). The highest BCUT2D eigenvalue weighted by molar-refractivity contribution is 5.94. The molecule has 23 heavy (non-hydrogen) atoms. The Labute approximate surface area is 137 Å². The fourth-order valence-electron chi connectivity index (χ4n) is 3.79. The lowest BCUT2D eigenvalue weighted by Crippen LogP contribution is -2.33. The molecule has 0 radical (unpaired) electrons. The van der Waals surface area contributed by atoms with E-state index in [2.05, 4.69) is 20.4 Å². The Morgan fingerprint density at radius 3 is 3.04 bits per heavy atom. The van der Waals surface area contributed by atoms with E-state index in [1.54, 1.807) is 0 Å². The normalized spacial score (nSPS) is 21.3. The minimum absolute atomic E-state index is 0.0428. The van der Waals surface area contributed by atoms with Crippen LogP contribution in [-0.2, 0) is 12.8 Å². The second-order valence-electron chi connectivity index (χ2n) is 6.71. The van der Waals surface area contributed by atoms with Gasteiger partial charge in [-0.2, -0.15) is 5.10 Å². The molecule has 2 heterocycles. The SMILES string of the molecule is O=C(NCCCCN1CCCC1CO)c1n[nH]c2c1CCCC2. The molecule has 2 aliphatic rings. The van der Waals surface area contributed by atoms with Crippen molar-refractivity contribution in [2.24, 2.45) is 0 Å². The number of nitrogens with one attached hydrogen (secondary N) is 2. The molecule has 1 unspecified atom stereocenters. The van der Waals surface area contributed by atoms with Gasteiger partial charge in [-0.15, -0.1) is 0 Å². The van der Waals surface area contributed by atoms with Crippen molar-refractivity contribution < 1.29 is 9.90 Å². The van der Waals surface area contributed by atoms with Gasteiger partial charge in [0.15, 0.2) is 5.69 Å². The van der Waals surface area contributed by atoms with Gasteiger partial charge in [-0.25, -0.2) is 0 Å². The van der Waals surface area contributed by atoms with Crippen LogP contribution in [0.15, 0.2) is 0 Å². The predicted octanol–water partition coefficient (Wildman–Crippen LogP) is 1.26. The van der Waals surface area contributed by atoms with Gasteiger partial charge in [-0.3, -0.25) is 14.8 Å². The summed E-state index contributed by atoms with van der Waals surface area (Å²) in [4.78, 5) is 14.6. The summed E-state index contributed by atoms with van der Waals surface area (Å²) in [6.45, 7) is 3.06. The Kier molecular flexibility index (Phi) is 5.67. The highest BCUT2D eigenvalue weighted by Gasteiger charge is 2.23. The summed E-state index contributed by atoms with van der Waals surface area (Å²) in [5, 5.41) is 19.5. The van der Waals surface area contributed by atoms with Crippen LogP contribution in [0, 0.1) is 0 Å². The number of aliphatic hydroxyl groups is 1. The maximum atomic E-state index is 12.3. The van der Waals surface area contributed by atoms with Crippen molar-refractivity contribution in [1.29, 1.82) is 0 Å². The van der Waals surface area contributed by atoms with Gasteiger partial charge in [0.1, 0.15) is 0 Å². The first kappa shape index (κ1) is 16.5. The highest BCUT2D eigenvalue weighted by Crippen LogP contribution is 2.22. The number of carbonyl (C=O) groups is 1. The van der Waals surface area contributed by atoms with Crippen molar-refractivity contribution >= 4 is 5.91 Å². The maximum Gasteiger partial charge on any atom is 0.272 e. The molecular formula is C17H28N4O2. The zero-order valence-corrected chi connectivity index (χ0v) is 13.8. The van der Waals surface area contributed by atoms with Gasteiger partial charge in [0, 0.05) is 23.8 Å². The molecule has 1 aromatic heterocycles. The van der Waals surface area contributed by atoms with Crippen molar-refractivity contribution in [3.05, 3.63) is 17.0 Å². The summed E-state index contributed by atoms with van der Waals surface area (Å²) in [6, 6.07) is 0.347. The monoisotopic (exact) mass is 320 g/mol. The minimum atomic E-state index is -0.0428. The number of hydrogen-bond acceptors (Lipinski definition) is 4. The van der Waals surface area contributed by atoms with Crippen LogP contribution in [0.1, 0.15) is 60.3 Å². The lowest BCUT2D eigenvalue weighted by molar-refractivity contribution is 0.0946. The van der Waals surface area contributed by atoms with Gasteiger partial charge in [-0.1, -0.05) is 0 Å².